The summed E-state index contributed by atoms with van der Waals surface area (Å²) in [5.41, 5.74) is 1.53. The van der Waals surface area contributed by atoms with E-state index in [1.807, 2.05) is 30.3 Å². The normalized spacial score (nSPS) is 12.4. The predicted molar refractivity (Wildman–Crippen MR) is 122 cm³/mol. The van der Waals surface area contributed by atoms with Gasteiger partial charge in [-0.3, -0.25) is 4.79 Å². The number of carbonyl (C=O) groups excluding carboxylic acids is 3. The SMILES string of the molecule is COC(=O)[C@@H](Cc1cc(Cl)ccc1Br)NC(=O)C[C@@H](O)CNC(=O)OCc1ccccc1. The molecule has 0 aliphatic carbocycles. The van der Waals surface area contributed by atoms with Gasteiger partial charge in [0.05, 0.1) is 19.6 Å². The molecule has 0 radical (unpaired) electrons. The molecule has 2 aromatic rings. The number of nitrogens with one attached hydrogen (secondary N) is 2. The third-order valence-electron chi connectivity index (χ3n) is 4.37. The van der Waals surface area contributed by atoms with Crippen molar-refractivity contribution < 1.29 is 29.0 Å². The van der Waals surface area contributed by atoms with E-state index < -0.39 is 30.1 Å². The van der Waals surface area contributed by atoms with Gasteiger partial charge in [0, 0.05) is 22.5 Å². The number of aliphatic hydroxyl groups excluding tert-OH is 1. The largest absolute Gasteiger partial charge is 0.467 e. The predicted octanol–water partition coefficient (Wildman–Crippen LogP) is 2.98. The van der Waals surface area contributed by atoms with Crippen molar-refractivity contribution in [2.24, 2.45) is 0 Å². The minimum atomic E-state index is -1.17. The highest BCUT2D eigenvalue weighted by molar-refractivity contribution is 9.10. The molecule has 0 heterocycles. The minimum Gasteiger partial charge on any atom is -0.467 e. The minimum absolute atomic E-state index is 0.0864. The lowest BCUT2D eigenvalue weighted by Gasteiger charge is -2.19. The van der Waals surface area contributed by atoms with Gasteiger partial charge in [-0.15, -0.1) is 0 Å². The maximum absolute atomic E-state index is 12.3. The number of ether oxygens (including phenoxy) is 2. The molecule has 8 nitrogen and oxygen atoms in total. The molecule has 32 heavy (non-hydrogen) atoms. The van der Waals surface area contributed by atoms with Crippen molar-refractivity contribution in [2.45, 2.75) is 31.6 Å². The van der Waals surface area contributed by atoms with Crippen LogP contribution in [0.15, 0.2) is 53.0 Å². The van der Waals surface area contributed by atoms with E-state index in [1.54, 1.807) is 18.2 Å². The van der Waals surface area contributed by atoms with E-state index in [4.69, 9.17) is 21.1 Å². The number of carbonyl (C=O) groups is 3. The number of amides is 2. The molecule has 2 aromatic carbocycles. The first-order chi connectivity index (χ1) is 15.3. The van der Waals surface area contributed by atoms with Crippen LogP contribution in [0.4, 0.5) is 4.79 Å². The van der Waals surface area contributed by atoms with Gasteiger partial charge >= 0.3 is 12.1 Å². The number of halogens is 2. The molecule has 0 aliphatic heterocycles. The monoisotopic (exact) mass is 526 g/mol. The molecule has 0 unspecified atom stereocenters. The van der Waals surface area contributed by atoms with E-state index in [2.05, 4.69) is 26.6 Å². The summed E-state index contributed by atoms with van der Waals surface area (Å²) in [7, 11) is 1.22. The molecule has 172 valence electrons. The second-order valence-corrected chi connectivity index (χ2v) is 8.17. The summed E-state index contributed by atoms with van der Waals surface area (Å²) < 4.78 is 10.5. The van der Waals surface area contributed by atoms with Crippen molar-refractivity contribution >= 4 is 45.5 Å². The highest BCUT2D eigenvalue weighted by Gasteiger charge is 2.24. The molecule has 10 heteroatoms. The molecule has 2 amide bonds. The van der Waals surface area contributed by atoms with Gasteiger partial charge in [-0.1, -0.05) is 57.9 Å². The van der Waals surface area contributed by atoms with Gasteiger partial charge in [0.2, 0.25) is 5.91 Å². The van der Waals surface area contributed by atoms with E-state index in [-0.39, 0.29) is 26.0 Å². The van der Waals surface area contributed by atoms with Crippen LogP contribution < -0.4 is 10.6 Å². The molecular formula is C22H24BrClN2O6. The van der Waals surface area contributed by atoms with Crippen LogP contribution in [-0.4, -0.2) is 48.9 Å². The Balaban J connectivity index is 1.81. The van der Waals surface area contributed by atoms with Crippen LogP contribution in [0.1, 0.15) is 17.5 Å². The van der Waals surface area contributed by atoms with Gasteiger partial charge in [-0.2, -0.15) is 0 Å². The van der Waals surface area contributed by atoms with E-state index in [9.17, 15) is 19.5 Å². The summed E-state index contributed by atoms with van der Waals surface area (Å²) >= 11 is 9.39. The van der Waals surface area contributed by atoms with E-state index in [1.165, 1.54) is 7.11 Å². The van der Waals surface area contributed by atoms with E-state index in [0.29, 0.717) is 10.6 Å². The highest BCUT2D eigenvalue weighted by atomic mass is 79.9. The summed E-state index contributed by atoms with van der Waals surface area (Å²) in [5, 5.41) is 15.5. The van der Waals surface area contributed by atoms with Crippen LogP contribution in [0.3, 0.4) is 0 Å². The first-order valence-corrected chi connectivity index (χ1v) is 10.9. The summed E-state index contributed by atoms with van der Waals surface area (Å²) in [6, 6.07) is 13.3. The van der Waals surface area contributed by atoms with Gasteiger partial charge in [0.15, 0.2) is 0 Å². The average molecular weight is 528 g/mol. The third kappa shape index (κ3) is 8.86. The lowest BCUT2D eigenvalue weighted by Crippen LogP contribution is -2.45. The Morgan fingerprint density at radius 2 is 1.88 bits per heavy atom. The lowest BCUT2D eigenvalue weighted by atomic mass is 10.1. The number of benzene rings is 2. The van der Waals surface area contributed by atoms with Crippen LogP contribution in [0, 0.1) is 0 Å². The van der Waals surface area contributed by atoms with Crippen LogP contribution in [0.2, 0.25) is 5.02 Å². The molecule has 0 fully saturated rings. The Morgan fingerprint density at radius 1 is 1.16 bits per heavy atom. The molecule has 2 rings (SSSR count). The molecule has 3 N–H and O–H groups in total. The lowest BCUT2D eigenvalue weighted by molar-refractivity contribution is -0.145. The summed E-state index contributed by atoms with van der Waals surface area (Å²) in [6.45, 7) is -0.104. The smallest absolute Gasteiger partial charge is 0.407 e. The second kappa shape index (κ2) is 13.0. The van der Waals surface area contributed by atoms with Crippen molar-refractivity contribution in [1.82, 2.24) is 10.6 Å². The molecule has 0 saturated carbocycles. The Labute approximate surface area is 199 Å². The molecule has 0 aliphatic rings. The molecule has 0 aromatic heterocycles. The Morgan fingerprint density at radius 3 is 2.56 bits per heavy atom. The maximum atomic E-state index is 12.3. The fourth-order valence-corrected chi connectivity index (χ4v) is 3.37. The molecule has 0 bridgehead atoms. The molecule has 0 spiro atoms. The van der Waals surface area contributed by atoms with Gasteiger partial charge in [0.1, 0.15) is 12.6 Å². The van der Waals surface area contributed by atoms with E-state index >= 15 is 0 Å². The van der Waals surface area contributed by atoms with Crippen molar-refractivity contribution in [3.8, 4) is 0 Å². The zero-order valence-electron chi connectivity index (χ0n) is 17.3. The van der Waals surface area contributed by atoms with Crippen molar-refractivity contribution in [3.63, 3.8) is 0 Å². The maximum Gasteiger partial charge on any atom is 0.407 e. The highest BCUT2D eigenvalue weighted by Crippen LogP contribution is 2.22. The number of rotatable bonds is 10. The van der Waals surface area contributed by atoms with Gasteiger partial charge in [0.25, 0.3) is 0 Å². The number of hydrogen-bond donors (Lipinski definition) is 3. The number of alkyl carbamates (subject to hydrolysis) is 1. The fourth-order valence-electron chi connectivity index (χ4n) is 2.77. The van der Waals surface area contributed by atoms with Crippen LogP contribution >= 0.6 is 27.5 Å². The third-order valence-corrected chi connectivity index (χ3v) is 5.38. The number of methoxy groups -OCH3 is 1. The summed E-state index contributed by atoms with van der Waals surface area (Å²) in [4.78, 5) is 36.2. The fraction of sp³-hybridized carbons (Fsp3) is 0.318. The van der Waals surface area contributed by atoms with Crippen molar-refractivity contribution in [1.29, 1.82) is 0 Å². The standard InChI is InChI=1S/C22H24BrClN2O6/c1-31-21(29)19(10-15-9-16(24)7-8-18(15)23)26-20(28)11-17(27)12-25-22(30)32-13-14-5-3-2-4-6-14/h2-9,17,19,27H,10-13H2,1H3,(H,25,30)(H,26,28)/t17-,19-/m1/s1. The first kappa shape index (κ1) is 25.6. The molecular weight excluding hydrogens is 504 g/mol. The van der Waals surface area contributed by atoms with E-state index in [0.717, 1.165) is 10.0 Å². The van der Waals surface area contributed by atoms with Gasteiger partial charge in [-0.05, 0) is 29.3 Å². The van der Waals surface area contributed by atoms with Crippen molar-refractivity contribution in [2.75, 3.05) is 13.7 Å². The van der Waals surface area contributed by atoms with Crippen molar-refractivity contribution in [3.05, 3.63) is 69.2 Å². The van der Waals surface area contributed by atoms with Gasteiger partial charge < -0.3 is 25.2 Å². The molecule has 0 saturated heterocycles. The van der Waals surface area contributed by atoms with Crippen LogP contribution in [-0.2, 0) is 32.1 Å². The van der Waals surface area contributed by atoms with Crippen LogP contribution in [0.5, 0.6) is 0 Å². The van der Waals surface area contributed by atoms with Crippen LogP contribution in [0.25, 0.3) is 0 Å². The Kier molecular flexibility index (Phi) is 10.5. The quantitative estimate of drug-likeness (QED) is 0.409. The first-order valence-electron chi connectivity index (χ1n) is 9.72. The second-order valence-electron chi connectivity index (χ2n) is 6.88. The Hall–Kier alpha value is -2.62. The Bertz CT molecular complexity index is 928. The topological polar surface area (TPSA) is 114 Å². The van der Waals surface area contributed by atoms with Gasteiger partial charge in [-0.25, -0.2) is 9.59 Å². The zero-order valence-corrected chi connectivity index (χ0v) is 19.7. The number of hydrogen-bond acceptors (Lipinski definition) is 6. The summed E-state index contributed by atoms with van der Waals surface area (Å²) in [6.07, 6.45) is -2.08. The summed E-state index contributed by atoms with van der Waals surface area (Å²) in [5.74, 6) is -1.21. The molecule has 2 atom stereocenters. The zero-order chi connectivity index (χ0) is 23.5. The number of aliphatic hydroxyl groups is 1. The number of esters is 1. The average Bonchev–Trinajstić information content (AvgIpc) is 2.78.